The number of pyridine rings is 1. The maximum atomic E-state index is 6.15. The van der Waals surface area contributed by atoms with Crippen LogP contribution in [0.15, 0.2) is 36.5 Å². The van der Waals surface area contributed by atoms with Gasteiger partial charge in [0.2, 0.25) is 0 Å². The summed E-state index contributed by atoms with van der Waals surface area (Å²) in [7, 11) is 0. The van der Waals surface area contributed by atoms with Crippen molar-refractivity contribution in [3.63, 3.8) is 0 Å². The summed E-state index contributed by atoms with van der Waals surface area (Å²) in [6.07, 6.45) is 6.85. The minimum Gasteiger partial charge on any atom is -0.328 e. The van der Waals surface area contributed by atoms with Gasteiger partial charge in [-0.3, -0.25) is 9.88 Å². The number of hydrogen-bond donors (Lipinski definition) is 1. The average molecular weight is 267 g/mol. The summed E-state index contributed by atoms with van der Waals surface area (Å²) in [5, 5.41) is 1.24. The third-order valence-corrected chi connectivity index (χ3v) is 4.95. The molecule has 2 fully saturated rings. The SMILES string of the molecule is NC1CC2CCC(C1)N2Cc1ccc2ncccc2c1. The van der Waals surface area contributed by atoms with Crippen molar-refractivity contribution in [3.05, 3.63) is 42.1 Å². The van der Waals surface area contributed by atoms with Crippen LogP contribution in [0, 0.1) is 0 Å². The van der Waals surface area contributed by atoms with Crippen molar-refractivity contribution >= 4 is 10.9 Å². The van der Waals surface area contributed by atoms with E-state index in [1.165, 1.54) is 36.6 Å². The largest absolute Gasteiger partial charge is 0.328 e. The topological polar surface area (TPSA) is 42.1 Å². The Balaban J connectivity index is 1.58. The molecular weight excluding hydrogens is 246 g/mol. The molecule has 2 aromatic rings. The molecule has 1 aromatic heterocycles. The fraction of sp³-hybridized carbons (Fsp3) is 0.471. The van der Waals surface area contributed by atoms with Crippen molar-refractivity contribution < 1.29 is 0 Å². The van der Waals surface area contributed by atoms with Gasteiger partial charge in [0.1, 0.15) is 0 Å². The third-order valence-electron chi connectivity index (χ3n) is 4.95. The lowest BCUT2D eigenvalue weighted by atomic mass is 9.97. The Labute approximate surface area is 119 Å². The summed E-state index contributed by atoms with van der Waals surface area (Å²) < 4.78 is 0. The molecule has 2 aliphatic heterocycles. The third kappa shape index (κ3) is 2.11. The lowest BCUT2D eigenvalue weighted by Crippen LogP contribution is -2.46. The lowest BCUT2D eigenvalue weighted by Gasteiger charge is -2.37. The summed E-state index contributed by atoms with van der Waals surface area (Å²) in [6.45, 7) is 1.06. The quantitative estimate of drug-likeness (QED) is 0.909. The predicted octanol–water partition coefficient (Wildman–Crippen LogP) is 2.69. The van der Waals surface area contributed by atoms with Gasteiger partial charge in [0, 0.05) is 36.3 Å². The minimum absolute atomic E-state index is 0.421. The van der Waals surface area contributed by atoms with Gasteiger partial charge in [-0.05, 0) is 49.4 Å². The van der Waals surface area contributed by atoms with Crippen LogP contribution < -0.4 is 5.73 Å². The normalized spacial score (nSPS) is 29.9. The Kier molecular flexibility index (Phi) is 2.97. The molecule has 0 spiro atoms. The van der Waals surface area contributed by atoms with E-state index in [-0.39, 0.29) is 0 Å². The van der Waals surface area contributed by atoms with Crippen LogP contribution >= 0.6 is 0 Å². The molecule has 3 nitrogen and oxygen atoms in total. The summed E-state index contributed by atoms with van der Waals surface area (Å²) in [5.74, 6) is 0. The number of nitrogens with zero attached hydrogens (tertiary/aromatic N) is 2. The van der Waals surface area contributed by atoms with Crippen LogP contribution in [0.25, 0.3) is 10.9 Å². The van der Waals surface area contributed by atoms with Crippen LogP contribution in [-0.2, 0) is 6.54 Å². The first-order chi connectivity index (χ1) is 9.79. The highest BCUT2D eigenvalue weighted by molar-refractivity contribution is 5.78. The van der Waals surface area contributed by atoms with Gasteiger partial charge in [-0.1, -0.05) is 12.1 Å². The van der Waals surface area contributed by atoms with Crippen molar-refractivity contribution in [3.8, 4) is 0 Å². The molecule has 2 saturated heterocycles. The van der Waals surface area contributed by atoms with E-state index in [0.717, 1.165) is 12.1 Å². The van der Waals surface area contributed by atoms with Gasteiger partial charge in [-0.25, -0.2) is 0 Å². The lowest BCUT2D eigenvalue weighted by molar-refractivity contribution is 0.120. The maximum Gasteiger partial charge on any atom is 0.0702 e. The standard InChI is InChI=1S/C17H21N3/c18-14-9-15-4-5-16(10-14)20(15)11-12-3-6-17-13(8-12)2-1-7-19-17/h1-3,6-8,14-16H,4-5,9-11,18H2. The zero-order valence-electron chi connectivity index (χ0n) is 11.7. The Morgan fingerprint density at radius 2 is 1.95 bits per heavy atom. The van der Waals surface area contributed by atoms with Crippen molar-refractivity contribution in [2.45, 2.75) is 50.4 Å². The highest BCUT2D eigenvalue weighted by atomic mass is 15.2. The molecular formula is C17H21N3. The van der Waals surface area contributed by atoms with Gasteiger partial charge >= 0.3 is 0 Å². The number of fused-ring (bicyclic) bond motifs is 3. The van der Waals surface area contributed by atoms with Gasteiger partial charge in [0.25, 0.3) is 0 Å². The molecule has 20 heavy (non-hydrogen) atoms. The first-order valence-corrected chi connectivity index (χ1v) is 7.64. The summed E-state index contributed by atoms with van der Waals surface area (Å²) >= 11 is 0. The van der Waals surface area contributed by atoms with E-state index in [0.29, 0.717) is 18.1 Å². The predicted molar refractivity (Wildman–Crippen MR) is 81.3 cm³/mol. The van der Waals surface area contributed by atoms with Gasteiger partial charge in [-0.2, -0.15) is 0 Å². The molecule has 104 valence electrons. The molecule has 2 N–H and O–H groups in total. The molecule has 2 aliphatic rings. The second kappa shape index (κ2) is 4.83. The number of aromatic nitrogens is 1. The molecule has 1 aromatic carbocycles. The fourth-order valence-electron chi connectivity index (χ4n) is 4.01. The molecule has 0 aliphatic carbocycles. The van der Waals surface area contributed by atoms with Crippen LogP contribution in [0.1, 0.15) is 31.2 Å². The van der Waals surface area contributed by atoms with Crippen LogP contribution in [0.3, 0.4) is 0 Å². The van der Waals surface area contributed by atoms with Crippen molar-refractivity contribution in [1.82, 2.24) is 9.88 Å². The van der Waals surface area contributed by atoms with Crippen LogP contribution in [0.2, 0.25) is 0 Å². The molecule has 2 unspecified atom stereocenters. The monoisotopic (exact) mass is 267 g/mol. The molecule has 0 saturated carbocycles. The van der Waals surface area contributed by atoms with E-state index in [1.807, 2.05) is 12.3 Å². The van der Waals surface area contributed by atoms with Gasteiger partial charge in [0.05, 0.1) is 5.52 Å². The number of nitrogens with two attached hydrogens (primary N) is 1. The van der Waals surface area contributed by atoms with E-state index in [2.05, 4.69) is 34.1 Å². The Hall–Kier alpha value is -1.45. The highest BCUT2D eigenvalue weighted by Crippen LogP contribution is 2.36. The maximum absolute atomic E-state index is 6.15. The smallest absolute Gasteiger partial charge is 0.0702 e. The van der Waals surface area contributed by atoms with Crippen molar-refractivity contribution in [2.75, 3.05) is 0 Å². The number of hydrogen-bond acceptors (Lipinski definition) is 3. The zero-order chi connectivity index (χ0) is 13.5. The molecule has 0 amide bonds. The van der Waals surface area contributed by atoms with Crippen molar-refractivity contribution in [2.24, 2.45) is 5.73 Å². The number of rotatable bonds is 2. The average Bonchev–Trinajstić information content (AvgIpc) is 2.70. The first kappa shape index (κ1) is 12.3. The number of piperidine rings is 1. The van der Waals surface area contributed by atoms with E-state index in [1.54, 1.807) is 0 Å². The van der Waals surface area contributed by atoms with Gasteiger partial charge in [-0.15, -0.1) is 0 Å². The molecule has 3 heterocycles. The summed E-state index contributed by atoms with van der Waals surface area (Å²) in [6, 6.07) is 12.6. The Morgan fingerprint density at radius 1 is 1.15 bits per heavy atom. The van der Waals surface area contributed by atoms with E-state index >= 15 is 0 Å². The summed E-state index contributed by atoms with van der Waals surface area (Å²) in [4.78, 5) is 7.07. The van der Waals surface area contributed by atoms with Gasteiger partial charge in [0.15, 0.2) is 0 Å². The van der Waals surface area contributed by atoms with Gasteiger partial charge < -0.3 is 5.73 Å². The molecule has 0 radical (unpaired) electrons. The van der Waals surface area contributed by atoms with E-state index in [4.69, 9.17) is 5.73 Å². The van der Waals surface area contributed by atoms with Crippen molar-refractivity contribution in [1.29, 1.82) is 0 Å². The fourth-order valence-corrected chi connectivity index (χ4v) is 4.01. The Bertz CT molecular complexity index is 610. The first-order valence-electron chi connectivity index (χ1n) is 7.64. The Morgan fingerprint density at radius 3 is 2.75 bits per heavy atom. The molecule has 2 atom stereocenters. The molecule has 2 bridgehead atoms. The second-order valence-electron chi connectivity index (χ2n) is 6.32. The van der Waals surface area contributed by atoms with E-state index < -0.39 is 0 Å². The zero-order valence-corrected chi connectivity index (χ0v) is 11.7. The highest BCUT2D eigenvalue weighted by Gasteiger charge is 2.39. The molecule has 3 heteroatoms. The molecule has 4 rings (SSSR count). The van der Waals surface area contributed by atoms with Crippen LogP contribution in [0.4, 0.5) is 0 Å². The summed E-state index contributed by atoms with van der Waals surface area (Å²) in [5.41, 5.74) is 8.63. The number of benzene rings is 1. The second-order valence-corrected chi connectivity index (χ2v) is 6.32. The van der Waals surface area contributed by atoms with Crippen LogP contribution in [0.5, 0.6) is 0 Å². The van der Waals surface area contributed by atoms with E-state index in [9.17, 15) is 0 Å². The van der Waals surface area contributed by atoms with Crippen LogP contribution in [-0.4, -0.2) is 28.0 Å². The minimum atomic E-state index is 0.421.